The van der Waals surface area contributed by atoms with Gasteiger partial charge in [0.25, 0.3) is 0 Å². The zero-order valence-corrected chi connectivity index (χ0v) is 19.6. The highest BCUT2D eigenvalue weighted by atomic mass is 35.5. The molecule has 2 fully saturated rings. The molecule has 2 aromatic carbocycles. The molecule has 2 aromatic rings. The Morgan fingerprint density at radius 1 is 1.10 bits per heavy atom. The summed E-state index contributed by atoms with van der Waals surface area (Å²) in [5.41, 5.74) is 3.95. The fourth-order valence-corrected chi connectivity index (χ4v) is 5.36. The molecule has 2 heterocycles. The molecule has 0 bridgehead atoms. The Kier molecular flexibility index (Phi) is 6.95. The molecule has 2 unspecified atom stereocenters. The summed E-state index contributed by atoms with van der Waals surface area (Å²) < 4.78 is 0. The Morgan fingerprint density at radius 3 is 2.55 bits per heavy atom. The minimum atomic E-state index is -0.254. The number of halogens is 2. The Balaban J connectivity index is 1.32. The maximum Gasteiger partial charge on any atom is 0.319 e. The highest BCUT2D eigenvalue weighted by molar-refractivity contribution is 6.34. The van der Waals surface area contributed by atoms with Gasteiger partial charge in [0.15, 0.2) is 0 Å². The average molecular weight is 461 g/mol. The van der Waals surface area contributed by atoms with Gasteiger partial charge in [0, 0.05) is 53.1 Å². The number of rotatable bonds is 5. The third-order valence-electron chi connectivity index (χ3n) is 6.44. The van der Waals surface area contributed by atoms with Gasteiger partial charge >= 0.3 is 6.03 Å². The molecule has 5 nitrogen and oxygen atoms in total. The molecule has 2 N–H and O–H groups in total. The van der Waals surface area contributed by atoms with Crippen molar-refractivity contribution in [3.8, 4) is 0 Å². The van der Waals surface area contributed by atoms with Crippen LogP contribution in [-0.2, 0) is 6.54 Å². The molecule has 4 rings (SSSR count). The van der Waals surface area contributed by atoms with Gasteiger partial charge in [-0.3, -0.25) is 4.90 Å². The van der Waals surface area contributed by atoms with E-state index in [1.165, 1.54) is 31.5 Å². The van der Waals surface area contributed by atoms with Gasteiger partial charge in [0.05, 0.1) is 0 Å². The molecule has 0 saturated carbocycles. The molecule has 0 spiro atoms. The minimum absolute atomic E-state index is 0.254. The van der Waals surface area contributed by atoms with Crippen molar-refractivity contribution in [2.75, 3.05) is 29.9 Å². The van der Waals surface area contributed by atoms with Crippen LogP contribution < -0.4 is 15.5 Å². The smallest absolute Gasteiger partial charge is 0.319 e. The van der Waals surface area contributed by atoms with E-state index in [1.54, 1.807) is 18.2 Å². The summed E-state index contributed by atoms with van der Waals surface area (Å²) in [7, 11) is 0. The molecule has 2 amide bonds. The van der Waals surface area contributed by atoms with E-state index in [0.717, 1.165) is 29.9 Å². The van der Waals surface area contributed by atoms with E-state index in [0.29, 0.717) is 28.7 Å². The predicted molar refractivity (Wildman–Crippen MR) is 130 cm³/mol. The van der Waals surface area contributed by atoms with Crippen molar-refractivity contribution in [2.24, 2.45) is 0 Å². The number of nitrogens with zero attached hydrogens (tertiary/aromatic N) is 2. The maximum atomic E-state index is 12.4. The van der Waals surface area contributed by atoms with Crippen LogP contribution in [0.1, 0.15) is 37.3 Å². The van der Waals surface area contributed by atoms with Crippen molar-refractivity contribution in [1.29, 1.82) is 0 Å². The number of urea groups is 1. The average Bonchev–Trinajstić information content (AvgIpc) is 3.36. The van der Waals surface area contributed by atoms with E-state index < -0.39 is 0 Å². The molecule has 2 saturated heterocycles. The molecular weight excluding hydrogens is 431 g/mol. The molecule has 0 aliphatic carbocycles. The number of carbonyl (C=O) groups excluding carboxylic acids is 1. The number of anilines is 2. The largest absolute Gasteiger partial charge is 0.370 e. The van der Waals surface area contributed by atoms with Crippen molar-refractivity contribution < 1.29 is 4.79 Å². The van der Waals surface area contributed by atoms with Gasteiger partial charge in [-0.25, -0.2) is 4.79 Å². The van der Waals surface area contributed by atoms with E-state index in [2.05, 4.69) is 39.5 Å². The summed E-state index contributed by atoms with van der Waals surface area (Å²) in [5.74, 6) is 0. The lowest BCUT2D eigenvalue weighted by Crippen LogP contribution is -2.39. The summed E-state index contributed by atoms with van der Waals surface area (Å²) in [6.07, 6.45) is 3.87. The number of carbonyl (C=O) groups is 1. The number of nitrogens with one attached hydrogen (secondary N) is 2. The van der Waals surface area contributed by atoms with Gasteiger partial charge in [-0.2, -0.15) is 0 Å². The van der Waals surface area contributed by atoms with Gasteiger partial charge in [-0.05, 0) is 87.2 Å². The highest BCUT2D eigenvalue weighted by Crippen LogP contribution is 2.30. The molecule has 166 valence electrons. The second-order valence-corrected chi connectivity index (χ2v) is 9.58. The van der Waals surface area contributed by atoms with Gasteiger partial charge in [-0.15, -0.1) is 0 Å². The molecule has 0 radical (unpaired) electrons. The van der Waals surface area contributed by atoms with Crippen LogP contribution >= 0.6 is 23.2 Å². The molecular formula is C24H30Cl2N4O. The number of hydrogen-bond donors (Lipinski definition) is 2. The number of likely N-dealkylation sites (tertiary alicyclic amines) is 1. The number of hydrogen-bond acceptors (Lipinski definition) is 3. The highest BCUT2D eigenvalue weighted by Gasteiger charge is 2.32. The van der Waals surface area contributed by atoms with Gasteiger partial charge < -0.3 is 15.5 Å². The lowest BCUT2D eigenvalue weighted by molar-refractivity contribution is 0.204. The van der Waals surface area contributed by atoms with E-state index in [4.69, 9.17) is 23.2 Å². The molecule has 2 atom stereocenters. The van der Waals surface area contributed by atoms with Crippen LogP contribution in [0.25, 0.3) is 0 Å². The van der Waals surface area contributed by atoms with Crippen LogP contribution in [0, 0.1) is 6.92 Å². The standard InChI is InChI=1S/C24H30Cl2N4O/c1-16-10-21(29-9-7-22(15-29)30-8-3-4-17(30)2)5-6-23(16)28-24(31)27-14-18-11-19(25)13-20(26)12-18/h5-6,10-13,17,22H,3-4,7-9,14-15H2,1-2H3,(H2,27,28,31). The Morgan fingerprint density at radius 2 is 1.87 bits per heavy atom. The summed E-state index contributed by atoms with van der Waals surface area (Å²) >= 11 is 12.0. The summed E-state index contributed by atoms with van der Waals surface area (Å²) in [6.45, 7) is 8.14. The molecule has 7 heteroatoms. The first-order chi connectivity index (χ1) is 14.9. The summed E-state index contributed by atoms with van der Waals surface area (Å²) in [6, 6.07) is 12.6. The van der Waals surface area contributed by atoms with E-state index in [1.807, 2.05) is 13.0 Å². The fraction of sp³-hybridized carbons (Fsp3) is 0.458. The maximum absolute atomic E-state index is 12.4. The second-order valence-electron chi connectivity index (χ2n) is 8.70. The first kappa shape index (κ1) is 22.3. The molecule has 2 aliphatic heterocycles. The van der Waals surface area contributed by atoms with Crippen molar-refractivity contribution in [3.05, 3.63) is 57.6 Å². The first-order valence-corrected chi connectivity index (χ1v) is 11.8. The van der Waals surface area contributed by atoms with Crippen LogP contribution in [0.3, 0.4) is 0 Å². The normalized spacial score (nSPS) is 21.5. The first-order valence-electron chi connectivity index (χ1n) is 11.0. The van der Waals surface area contributed by atoms with E-state index in [-0.39, 0.29) is 6.03 Å². The van der Waals surface area contributed by atoms with Crippen molar-refractivity contribution in [2.45, 2.75) is 51.7 Å². The van der Waals surface area contributed by atoms with Gasteiger partial charge in [-0.1, -0.05) is 23.2 Å². The number of aryl methyl sites for hydroxylation is 1. The van der Waals surface area contributed by atoms with Crippen molar-refractivity contribution >= 4 is 40.6 Å². The predicted octanol–water partition coefficient (Wildman–Crippen LogP) is 5.69. The van der Waals surface area contributed by atoms with Gasteiger partial charge in [0.1, 0.15) is 0 Å². The van der Waals surface area contributed by atoms with Crippen molar-refractivity contribution in [3.63, 3.8) is 0 Å². The van der Waals surface area contributed by atoms with Crippen molar-refractivity contribution in [1.82, 2.24) is 10.2 Å². The summed E-state index contributed by atoms with van der Waals surface area (Å²) in [5, 5.41) is 6.91. The van der Waals surface area contributed by atoms with Crippen LogP contribution in [-0.4, -0.2) is 42.6 Å². The molecule has 2 aliphatic rings. The monoisotopic (exact) mass is 460 g/mol. The van der Waals surface area contributed by atoms with Crippen LogP contribution in [0.4, 0.5) is 16.2 Å². The molecule has 0 aromatic heterocycles. The van der Waals surface area contributed by atoms with Crippen LogP contribution in [0.5, 0.6) is 0 Å². The quantitative estimate of drug-likeness (QED) is 0.602. The second kappa shape index (κ2) is 9.68. The minimum Gasteiger partial charge on any atom is -0.370 e. The fourth-order valence-electron chi connectivity index (χ4n) is 4.79. The third kappa shape index (κ3) is 5.46. The van der Waals surface area contributed by atoms with Gasteiger partial charge in [0.2, 0.25) is 0 Å². The molecule has 31 heavy (non-hydrogen) atoms. The lowest BCUT2D eigenvalue weighted by Gasteiger charge is -2.28. The Labute approximate surface area is 194 Å². The number of benzene rings is 2. The Bertz CT molecular complexity index is 931. The van der Waals surface area contributed by atoms with E-state index in [9.17, 15) is 4.79 Å². The van der Waals surface area contributed by atoms with Crippen LogP contribution in [0.2, 0.25) is 10.0 Å². The lowest BCUT2D eigenvalue weighted by atomic mass is 10.1. The summed E-state index contributed by atoms with van der Waals surface area (Å²) in [4.78, 5) is 17.5. The third-order valence-corrected chi connectivity index (χ3v) is 6.87. The zero-order chi connectivity index (χ0) is 22.0. The van der Waals surface area contributed by atoms with E-state index >= 15 is 0 Å². The SMILES string of the molecule is Cc1cc(N2CCC(N3CCCC3C)C2)ccc1NC(=O)NCc1cc(Cl)cc(Cl)c1. The topological polar surface area (TPSA) is 47.6 Å². The zero-order valence-electron chi connectivity index (χ0n) is 18.1. The number of amides is 2. The van der Waals surface area contributed by atoms with Crippen LogP contribution in [0.15, 0.2) is 36.4 Å². The Hall–Kier alpha value is -1.95.